The van der Waals surface area contributed by atoms with Gasteiger partial charge in [0.25, 0.3) is 0 Å². The Morgan fingerprint density at radius 3 is 1.85 bits per heavy atom. The van der Waals surface area contributed by atoms with Crippen molar-refractivity contribution in [2.45, 2.75) is 52.4 Å². The highest BCUT2D eigenvalue weighted by Gasteiger charge is 2.23. The van der Waals surface area contributed by atoms with E-state index in [0.29, 0.717) is 11.3 Å². The summed E-state index contributed by atoms with van der Waals surface area (Å²) in [6.45, 7) is 13.6. The van der Waals surface area contributed by atoms with Crippen LogP contribution in [0.5, 0.6) is 5.75 Å². The molecule has 5 nitrogen and oxygen atoms in total. The van der Waals surface area contributed by atoms with Crippen LogP contribution in [0.25, 0.3) is 105 Å². The quantitative estimate of drug-likeness (QED) is 0.181. The largest absolute Gasteiger partial charge is 0.507 e. The molecule has 65 heavy (non-hydrogen) atoms. The summed E-state index contributed by atoms with van der Waals surface area (Å²) in [5.74, 6) is 0.195. The zero-order valence-corrected chi connectivity index (χ0v) is 37.5. The number of aromatic hydroxyl groups is 1. The number of hydrogen-bond acceptors (Lipinski definition) is 4. The van der Waals surface area contributed by atoms with Crippen LogP contribution in [0.4, 0.5) is 0 Å². The van der Waals surface area contributed by atoms with Gasteiger partial charge in [0.05, 0.1) is 39.2 Å². The second-order valence-electron chi connectivity index (χ2n) is 19.3. The normalized spacial score (nSPS) is 12.2. The van der Waals surface area contributed by atoms with E-state index >= 15 is 0 Å². The monoisotopic (exact) mass is 843 g/mol. The van der Waals surface area contributed by atoms with E-state index in [-0.39, 0.29) is 16.6 Å². The Morgan fingerprint density at radius 2 is 1.06 bits per heavy atom. The second kappa shape index (κ2) is 15.2. The number of aromatic nitrogens is 3. The Morgan fingerprint density at radius 1 is 0.462 bits per heavy atom. The van der Waals surface area contributed by atoms with Crippen LogP contribution in [0.3, 0.4) is 0 Å². The van der Waals surface area contributed by atoms with E-state index in [1.807, 2.05) is 36.5 Å². The number of phenolic OH excluding ortho intramolecular Hbond substituents is 1. The molecule has 0 unspecified atom stereocenters. The Kier molecular flexibility index (Phi) is 9.37. The molecule has 0 saturated heterocycles. The van der Waals surface area contributed by atoms with Gasteiger partial charge in [0.2, 0.25) is 0 Å². The lowest BCUT2D eigenvalue weighted by molar-refractivity contribution is 0.477. The Hall–Kier alpha value is -7.76. The maximum absolute atomic E-state index is 11.1. The van der Waals surface area contributed by atoms with Gasteiger partial charge in [-0.05, 0) is 105 Å². The van der Waals surface area contributed by atoms with Gasteiger partial charge in [0.15, 0.2) is 0 Å². The predicted octanol–water partition coefficient (Wildman–Crippen LogP) is 16.1. The molecule has 0 aliphatic heterocycles. The van der Waals surface area contributed by atoms with Crippen molar-refractivity contribution in [2.24, 2.45) is 0 Å². The van der Waals surface area contributed by atoms with Crippen molar-refractivity contribution in [3.63, 3.8) is 0 Å². The van der Waals surface area contributed by atoms with Gasteiger partial charge in [-0.25, -0.2) is 4.98 Å². The molecular weight excluding hydrogens is 795 g/mol. The van der Waals surface area contributed by atoms with Gasteiger partial charge in [-0.15, -0.1) is 0 Å². The minimum atomic E-state index is -0.0485. The number of para-hydroxylation sites is 4. The molecule has 7 aromatic carbocycles. The van der Waals surface area contributed by atoms with Gasteiger partial charge >= 0.3 is 0 Å². The number of nitrogens with zero attached hydrogens (tertiary/aromatic N) is 3. The SMILES string of the molecule is CC(C)(C)c1cc(-c2cc(-c3cccc(-c4cc(-c5cccc6c7ccccc7n(-c7cccc8oc9ccccc9c78)c56)ccn4)c3)nc(-c3ccccc3O)c2)cc(C(C)(C)C)c1. The van der Waals surface area contributed by atoms with Crippen molar-refractivity contribution in [3.05, 3.63) is 193 Å². The number of rotatable bonds is 6. The lowest BCUT2D eigenvalue weighted by atomic mass is 9.79. The zero-order chi connectivity index (χ0) is 44.6. The highest BCUT2D eigenvalue weighted by atomic mass is 16.3. The summed E-state index contributed by atoms with van der Waals surface area (Å²) in [5, 5.41) is 15.7. The summed E-state index contributed by atoms with van der Waals surface area (Å²) < 4.78 is 8.81. The first-order valence-electron chi connectivity index (χ1n) is 22.4. The maximum atomic E-state index is 11.1. The van der Waals surface area contributed by atoms with Gasteiger partial charge in [-0.1, -0.05) is 151 Å². The summed E-state index contributed by atoms with van der Waals surface area (Å²) in [4.78, 5) is 10.2. The van der Waals surface area contributed by atoms with Gasteiger partial charge in [-0.2, -0.15) is 0 Å². The highest BCUT2D eigenvalue weighted by Crippen LogP contribution is 2.43. The molecule has 0 saturated carbocycles. The Bertz CT molecular complexity index is 3620. The topological polar surface area (TPSA) is 64.1 Å². The summed E-state index contributed by atoms with van der Waals surface area (Å²) in [6, 6.07) is 61.4. The van der Waals surface area contributed by atoms with E-state index in [9.17, 15) is 5.11 Å². The van der Waals surface area contributed by atoms with Crippen molar-refractivity contribution in [1.29, 1.82) is 0 Å². The number of benzene rings is 7. The van der Waals surface area contributed by atoms with Gasteiger partial charge in [0, 0.05) is 44.6 Å². The molecule has 0 fully saturated rings. The maximum Gasteiger partial charge on any atom is 0.137 e. The van der Waals surface area contributed by atoms with E-state index in [1.165, 1.54) is 21.9 Å². The minimum Gasteiger partial charge on any atom is -0.507 e. The van der Waals surface area contributed by atoms with Crippen molar-refractivity contribution >= 4 is 43.7 Å². The van der Waals surface area contributed by atoms with Crippen LogP contribution in [0, 0.1) is 0 Å². The van der Waals surface area contributed by atoms with E-state index in [4.69, 9.17) is 14.4 Å². The van der Waals surface area contributed by atoms with E-state index in [1.54, 1.807) is 6.07 Å². The van der Waals surface area contributed by atoms with Gasteiger partial charge in [-0.3, -0.25) is 4.98 Å². The fourth-order valence-electron chi connectivity index (χ4n) is 9.37. The molecule has 1 N–H and O–H groups in total. The van der Waals surface area contributed by atoms with Crippen LogP contribution in [-0.4, -0.2) is 19.6 Å². The lowest BCUT2D eigenvalue weighted by Crippen LogP contribution is -2.16. The summed E-state index contributed by atoms with van der Waals surface area (Å²) in [7, 11) is 0. The summed E-state index contributed by atoms with van der Waals surface area (Å²) >= 11 is 0. The lowest BCUT2D eigenvalue weighted by Gasteiger charge is -2.26. The molecule has 0 amide bonds. The molecule has 316 valence electrons. The first-order chi connectivity index (χ1) is 31.4. The smallest absolute Gasteiger partial charge is 0.137 e. The molecule has 4 heterocycles. The summed E-state index contributed by atoms with van der Waals surface area (Å²) in [6.07, 6.45) is 1.91. The Labute approximate surface area is 379 Å². The van der Waals surface area contributed by atoms with Crippen LogP contribution in [-0.2, 0) is 10.8 Å². The van der Waals surface area contributed by atoms with Crippen molar-refractivity contribution in [3.8, 4) is 67.5 Å². The van der Waals surface area contributed by atoms with E-state index in [0.717, 1.165) is 83.4 Å². The summed E-state index contributed by atoms with van der Waals surface area (Å²) in [5.41, 5.74) is 16.9. The molecule has 5 heteroatoms. The molecule has 0 spiro atoms. The van der Waals surface area contributed by atoms with Crippen LogP contribution in [0.15, 0.2) is 187 Å². The average molecular weight is 844 g/mol. The zero-order valence-electron chi connectivity index (χ0n) is 37.5. The number of hydrogen-bond donors (Lipinski definition) is 1. The van der Waals surface area contributed by atoms with Gasteiger partial charge in [0.1, 0.15) is 16.9 Å². The first-order valence-corrected chi connectivity index (χ1v) is 22.4. The average Bonchev–Trinajstić information content (AvgIpc) is 3.87. The highest BCUT2D eigenvalue weighted by molar-refractivity contribution is 6.17. The molecular formula is C60H49N3O2. The van der Waals surface area contributed by atoms with E-state index < -0.39 is 0 Å². The number of fused-ring (bicyclic) bond motifs is 6. The fraction of sp³-hybridized carbons (Fsp3) is 0.133. The molecule has 4 aromatic heterocycles. The first kappa shape index (κ1) is 40.0. The molecule has 11 aromatic rings. The molecule has 0 aliphatic rings. The molecule has 0 aliphatic carbocycles. The number of phenols is 1. The van der Waals surface area contributed by atoms with Crippen LogP contribution >= 0.6 is 0 Å². The van der Waals surface area contributed by atoms with Crippen molar-refractivity contribution in [2.75, 3.05) is 0 Å². The second-order valence-corrected chi connectivity index (χ2v) is 19.3. The Balaban J connectivity index is 1.07. The fourth-order valence-corrected chi connectivity index (χ4v) is 9.37. The third-order valence-electron chi connectivity index (χ3n) is 12.8. The number of pyridine rings is 2. The van der Waals surface area contributed by atoms with E-state index in [2.05, 4.69) is 186 Å². The predicted molar refractivity (Wildman–Crippen MR) is 270 cm³/mol. The van der Waals surface area contributed by atoms with Crippen molar-refractivity contribution < 1.29 is 9.52 Å². The number of furan rings is 1. The molecule has 0 radical (unpaired) electrons. The van der Waals surface area contributed by atoms with Crippen molar-refractivity contribution in [1.82, 2.24) is 14.5 Å². The molecule has 0 bridgehead atoms. The van der Waals surface area contributed by atoms with Crippen LogP contribution in [0.2, 0.25) is 0 Å². The third kappa shape index (κ3) is 7.05. The molecule has 0 atom stereocenters. The van der Waals surface area contributed by atoms with Gasteiger partial charge < -0.3 is 14.1 Å². The van der Waals surface area contributed by atoms with Crippen LogP contribution in [0.1, 0.15) is 52.7 Å². The van der Waals surface area contributed by atoms with Crippen LogP contribution < -0.4 is 0 Å². The standard InChI is InChI=1S/C60H49N3O2/c1-59(2,3)42-31-40(32-43(36-42)60(4,5)6)41-34-50(62-51(35-41)47-19-8-11-25-54(47)64)39-17-13-16-38(30-39)49-33-37(28-29-61-49)44-21-14-22-46-45-18-7-10-23-52(45)63(58(44)46)53-24-15-27-56-57(53)48-20-9-12-26-55(48)65-56/h7-36,64H,1-6H3. The molecule has 11 rings (SSSR count). The third-order valence-corrected chi connectivity index (χ3v) is 12.8. The minimum absolute atomic E-state index is 0.0485.